The normalized spacial score (nSPS) is 10.8. The molecular formula is C16H14N2O. The van der Waals surface area contributed by atoms with Crippen molar-refractivity contribution >= 4 is 16.7 Å². The summed E-state index contributed by atoms with van der Waals surface area (Å²) in [6.07, 6.45) is 5.19. The van der Waals surface area contributed by atoms with Gasteiger partial charge in [0.05, 0.1) is 0 Å². The minimum atomic E-state index is 0.0334. The van der Waals surface area contributed by atoms with E-state index in [4.69, 9.17) is 0 Å². The van der Waals surface area contributed by atoms with Crippen LogP contribution in [-0.2, 0) is 0 Å². The van der Waals surface area contributed by atoms with E-state index in [0.29, 0.717) is 5.56 Å². The van der Waals surface area contributed by atoms with Crippen LogP contribution in [0.15, 0.2) is 42.9 Å². The quantitative estimate of drug-likeness (QED) is 0.708. The van der Waals surface area contributed by atoms with Crippen LogP contribution < -0.4 is 0 Å². The number of fused-ring (bicyclic) bond motifs is 1. The summed E-state index contributed by atoms with van der Waals surface area (Å²) in [6, 6.07) is 7.77. The minimum Gasteiger partial charge on any atom is -0.360 e. The van der Waals surface area contributed by atoms with Gasteiger partial charge in [0.25, 0.3) is 0 Å². The lowest BCUT2D eigenvalue weighted by Gasteiger charge is -2.03. The maximum Gasteiger partial charge on any atom is 0.195 e. The molecule has 2 aromatic heterocycles. The molecule has 3 heteroatoms. The van der Waals surface area contributed by atoms with E-state index < -0.39 is 0 Å². The van der Waals surface area contributed by atoms with Crippen molar-refractivity contribution in [3.8, 4) is 0 Å². The zero-order chi connectivity index (χ0) is 13.4. The fourth-order valence-corrected chi connectivity index (χ4v) is 2.41. The number of carbonyl (C=O) groups is 1. The van der Waals surface area contributed by atoms with Crippen LogP contribution in [0.1, 0.15) is 27.0 Å². The number of aromatic nitrogens is 2. The van der Waals surface area contributed by atoms with Crippen LogP contribution in [0.25, 0.3) is 10.9 Å². The van der Waals surface area contributed by atoms with Gasteiger partial charge in [-0.2, -0.15) is 0 Å². The number of hydrogen-bond donors (Lipinski definition) is 1. The van der Waals surface area contributed by atoms with E-state index in [-0.39, 0.29) is 5.78 Å². The molecule has 1 aromatic carbocycles. The monoisotopic (exact) mass is 250 g/mol. The Kier molecular flexibility index (Phi) is 2.67. The van der Waals surface area contributed by atoms with Crippen LogP contribution in [-0.4, -0.2) is 15.8 Å². The Balaban J connectivity index is 2.13. The number of H-pyrrole nitrogens is 1. The molecule has 94 valence electrons. The lowest BCUT2D eigenvalue weighted by Crippen LogP contribution is -2.01. The van der Waals surface area contributed by atoms with Gasteiger partial charge in [-0.25, -0.2) is 0 Å². The van der Waals surface area contributed by atoms with E-state index in [1.165, 1.54) is 0 Å². The van der Waals surface area contributed by atoms with Gasteiger partial charge in [0, 0.05) is 40.6 Å². The van der Waals surface area contributed by atoms with E-state index >= 15 is 0 Å². The summed E-state index contributed by atoms with van der Waals surface area (Å²) >= 11 is 0. The molecule has 3 nitrogen and oxygen atoms in total. The Labute approximate surface area is 111 Å². The van der Waals surface area contributed by atoms with Gasteiger partial charge in [-0.15, -0.1) is 0 Å². The van der Waals surface area contributed by atoms with E-state index in [0.717, 1.165) is 27.6 Å². The van der Waals surface area contributed by atoms with Gasteiger partial charge in [-0.1, -0.05) is 17.2 Å². The number of hydrogen-bond acceptors (Lipinski definition) is 2. The summed E-state index contributed by atoms with van der Waals surface area (Å²) in [5, 5.41) is 0.867. The molecule has 2 heterocycles. The highest BCUT2D eigenvalue weighted by molar-refractivity contribution is 6.16. The van der Waals surface area contributed by atoms with Crippen molar-refractivity contribution in [2.75, 3.05) is 0 Å². The van der Waals surface area contributed by atoms with Crippen LogP contribution in [0.5, 0.6) is 0 Å². The summed E-state index contributed by atoms with van der Waals surface area (Å²) in [6.45, 7) is 4.00. The van der Waals surface area contributed by atoms with Gasteiger partial charge in [0.1, 0.15) is 0 Å². The van der Waals surface area contributed by atoms with Crippen molar-refractivity contribution in [3.63, 3.8) is 0 Å². The van der Waals surface area contributed by atoms with Crippen molar-refractivity contribution in [1.29, 1.82) is 0 Å². The average molecular weight is 250 g/mol. The topological polar surface area (TPSA) is 45.8 Å². The Morgan fingerprint density at radius 2 is 1.89 bits per heavy atom. The highest BCUT2D eigenvalue weighted by atomic mass is 16.1. The highest BCUT2D eigenvalue weighted by Gasteiger charge is 2.14. The second kappa shape index (κ2) is 4.35. The van der Waals surface area contributed by atoms with Gasteiger partial charge >= 0.3 is 0 Å². The smallest absolute Gasteiger partial charge is 0.195 e. The second-order valence-electron chi connectivity index (χ2n) is 4.83. The van der Waals surface area contributed by atoms with Crippen molar-refractivity contribution < 1.29 is 4.79 Å². The maximum atomic E-state index is 12.6. The summed E-state index contributed by atoms with van der Waals surface area (Å²) in [7, 11) is 0. The van der Waals surface area contributed by atoms with Gasteiger partial charge in [-0.3, -0.25) is 9.78 Å². The van der Waals surface area contributed by atoms with E-state index in [9.17, 15) is 4.79 Å². The third-order valence-corrected chi connectivity index (χ3v) is 3.21. The van der Waals surface area contributed by atoms with Crippen LogP contribution in [0.3, 0.4) is 0 Å². The summed E-state index contributed by atoms with van der Waals surface area (Å²) in [5.74, 6) is 0.0334. The van der Waals surface area contributed by atoms with E-state index in [1.807, 2.05) is 32.0 Å². The number of nitrogens with zero attached hydrogens (tertiary/aromatic N) is 1. The average Bonchev–Trinajstić information content (AvgIpc) is 2.80. The fraction of sp³-hybridized carbons (Fsp3) is 0.125. The first-order valence-electron chi connectivity index (χ1n) is 6.19. The number of aromatic amines is 1. The first kappa shape index (κ1) is 11.7. The zero-order valence-corrected chi connectivity index (χ0v) is 10.9. The number of aryl methyl sites for hydroxylation is 2. The highest BCUT2D eigenvalue weighted by Crippen LogP contribution is 2.21. The SMILES string of the molecule is Cc1cc(C)cc(C(=O)c2c[nH]c3ccncc23)c1. The maximum absolute atomic E-state index is 12.6. The lowest BCUT2D eigenvalue weighted by atomic mass is 9.99. The molecule has 0 radical (unpaired) electrons. The molecule has 0 aliphatic heterocycles. The molecule has 0 amide bonds. The molecule has 0 saturated heterocycles. The lowest BCUT2D eigenvalue weighted by molar-refractivity contribution is 0.104. The number of rotatable bonds is 2. The molecule has 0 fully saturated rings. The van der Waals surface area contributed by atoms with Gasteiger partial charge in [0.2, 0.25) is 0 Å². The Hall–Kier alpha value is -2.42. The molecule has 0 saturated carbocycles. The summed E-state index contributed by atoms with van der Waals surface area (Å²) in [5.41, 5.74) is 4.53. The molecule has 3 rings (SSSR count). The zero-order valence-electron chi connectivity index (χ0n) is 10.9. The van der Waals surface area contributed by atoms with Crippen LogP contribution in [0.2, 0.25) is 0 Å². The molecule has 0 atom stereocenters. The van der Waals surface area contributed by atoms with Gasteiger partial charge in [0.15, 0.2) is 5.78 Å². The first-order valence-corrected chi connectivity index (χ1v) is 6.19. The molecule has 0 spiro atoms. The number of benzene rings is 1. The molecular weight excluding hydrogens is 236 g/mol. The third kappa shape index (κ3) is 2.03. The molecule has 19 heavy (non-hydrogen) atoms. The van der Waals surface area contributed by atoms with Crippen molar-refractivity contribution in [1.82, 2.24) is 9.97 Å². The molecule has 3 aromatic rings. The van der Waals surface area contributed by atoms with E-state index in [1.54, 1.807) is 18.6 Å². The molecule has 0 unspecified atom stereocenters. The minimum absolute atomic E-state index is 0.0334. The number of nitrogens with one attached hydrogen (secondary N) is 1. The van der Waals surface area contributed by atoms with Crippen LogP contribution in [0, 0.1) is 13.8 Å². The van der Waals surface area contributed by atoms with Crippen molar-refractivity contribution in [2.45, 2.75) is 13.8 Å². The molecule has 0 aliphatic carbocycles. The van der Waals surface area contributed by atoms with Gasteiger partial charge < -0.3 is 4.98 Å². The van der Waals surface area contributed by atoms with Crippen LogP contribution >= 0.6 is 0 Å². The first-order chi connectivity index (χ1) is 9.15. The summed E-state index contributed by atoms with van der Waals surface area (Å²) in [4.78, 5) is 19.8. The van der Waals surface area contributed by atoms with E-state index in [2.05, 4.69) is 16.0 Å². The molecule has 1 N–H and O–H groups in total. The number of ketones is 1. The number of pyridine rings is 1. The Bertz CT molecular complexity index is 751. The fourth-order valence-electron chi connectivity index (χ4n) is 2.41. The van der Waals surface area contributed by atoms with Gasteiger partial charge in [-0.05, 0) is 32.0 Å². The Morgan fingerprint density at radius 1 is 1.16 bits per heavy atom. The molecule has 0 bridgehead atoms. The predicted molar refractivity (Wildman–Crippen MR) is 75.4 cm³/mol. The van der Waals surface area contributed by atoms with Crippen LogP contribution in [0.4, 0.5) is 0 Å². The number of carbonyl (C=O) groups excluding carboxylic acids is 1. The Morgan fingerprint density at radius 3 is 2.63 bits per heavy atom. The predicted octanol–water partition coefficient (Wildman–Crippen LogP) is 3.41. The molecule has 0 aliphatic rings. The summed E-state index contributed by atoms with van der Waals surface area (Å²) < 4.78 is 0. The van der Waals surface area contributed by atoms with Crippen molar-refractivity contribution in [2.24, 2.45) is 0 Å². The largest absolute Gasteiger partial charge is 0.360 e. The van der Waals surface area contributed by atoms with Crippen molar-refractivity contribution in [3.05, 3.63) is 65.1 Å². The second-order valence-corrected chi connectivity index (χ2v) is 4.83. The standard InChI is InChI=1S/C16H14N2O/c1-10-5-11(2)7-12(6-10)16(19)14-9-18-15-3-4-17-8-13(14)15/h3-9,18H,1-2H3. The third-order valence-electron chi connectivity index (χ3n) is 3.21.